The molecule has 0 spiro atoms. The summed E-state index contributed by atoms with van der Waals surface area (Å²) in [7, 11) is 2.02. The fourth-order valence-electron chi connectivity index (χ4n) is 2.78. The van der Waals surface area contributed by atoms with Crippen LogP contribution in [0.3, 0.4) is 0 Å². The highest BCUT2D eigenvalue weighted by molar-refractivity contribution is 5.82. The molecular weight excluding hydrogens is 304 g/mol. The van der Waals surface area contributed by atoms with E-state index in [1.165, 1.54) is 5.39 Å². The summed E-state index contributed by atoms with van der Waals surface area (Å²) < 4.78 is 2.13. The van der Waals surface area contributed by atoms with Crippen LogP contribution in [0.5, 0.6) is 0 Å². The number of nitrogens with zero attached hydrogens (tertiary/aromatic N) is 2. The largest absolute Gasteiger partial charge is 0.352 e. The molecule has 0 saturated carbocycles. The van der Waals surface area contributed by atoms with E-state index >= 15 is 0 Å². The number of amides is 3. The molecule has 1 heterocycles. The number of carbonyl (C=O) groups is 2. The Morgan fingerprint density at radius 2 is 2.04 bits per heavy atom. The maximum Gasteiger partial charge on any atom is 0.312 e. The summed E-state index contributed by atoms with van der Waals surface area (Å²) in [5.41, 5.74) is 7.30. The quantitative estimate of drug-likeness (QED) is 0.779. The van der Waals surface area contributed by atoms with Gasteiger partial charge >= 0.3 is 6.03 Å². The van der Waals surface area contributed by atoms with Crippen LogP contribution in [0.15, 0.2) is 30.3 Å². The van der Waals surface area contributed by atoms with Crippen molar-refractivity contribution in [1.29, 1.82) is 0 Å². The molecule has 3 N–H and O–H groups in total. The maximum absolute atomic E-state index is 12.5. The second kappa shape index (κ2) is 8.38. The predicted octanol–water partition coefficient (Wildman–Crippen LogP) is 2.37. The van der Waals surface area contributed by atoms with E-state index in [9.17, 15) is 9.59 Å². The van der Waals surface area contributed by atoms with E-state index in [0.29, 0.717) is 13.1 Å². The average Bonchev–Trinajstić information content (AvgIpc) is 2.87. The van der Waals surface area contributed by atoms with E-state index in [-0.39, 0.29) is 18.9 Å². The number of benzene rings is 1. The fraction of sp³-hybridized carbons (Fsp3) is 0.444. The van der Waals surface area contributed by atoms with E-state index in [1.54, 1.807) is 0 Å². The van der Waals surface area contributed by atoms with Gasteiger partial charge in [0.1, 0.15) is 0 Å². The highest BCUT2D eigenvalue weighted by Gasteiger charge is 2.16. The van der Waals surface area contributed by atoms with Gasteiger partial charge in [-0.05, 0) is 23.9 Å². The van der Waals surface area contributed by atoms with Crippen molar-refractivity contribution in [2.24, 2.45) is 12.8 Å². The minimum atomic E-state index is -0.600. The number of hydrogen-bond acceptors (Lipinski definition) is 2. The van der Waals surface area contributed by atoms with Gasteiger partial charge in [-0.2, -0.15) is 0 Å². The van der Waals surface area contributed by atoms with E-state index < -0.39 is 6.03 Å². The average molecular weight is 330 g/mol. The Balaban J connectivity index is 2.10. The Morgan fingerprint density at radius 1 is 1.29 bits per heavy atom. The summed E-state index contributed by atoms with van der Waals surface area (Å²) >= 11 is 0. The lowest BCUT2D eigenvalue weighted by molar-refractivity contribution is -0.131. The van der Waals surface area contributed by atoms with Gasteiger partial charge in [-0.1, -0.05) is 31.5 Å². The molecule has 2 aromatic rings. The molecule has 0 aliphatic carbocycles. The van der Waals surface area contributed by atoms with Crippen LogP contribution in [0.2, 0.25) is 0 Å². The Kier molecular flexibility index (Phi) is 6.23. The second-order valence-corrected chi connectivity index (χ2v) is 5.96. The van der Waals surface area contributed by atoms with Crippen LogP contribution in [-0.4, -0.2) is 34.5 Å². The summed E-state index contributed by atoms with van der Waals surface area (Å²) in [4.78, 5) is 25.1. The highest BCUT2D eigenvalue weighted by Crippen LogP contribution is 2.20. The summed E-state index contributed by atoms with van der Waals surface area (Å²) in [5, 5.41) is 3.64. The zero-order chi connectivity index (χ0) is 17.5. The number of primary amides is 1. The zero-order valence-electron chi connectivity index (χ0n) is 14.4. The first-order chi connectivity index (χ1) is 11.5. The molecule has 0 atom stereocenters. The number of aryl methyl sites for hydroxylation is 1. The first kappa shape index (κ1) is 17.8. The number of urea groups is 1. The number of aromatic nitrogens is 1. The van der Waals surface area contributed by atoms with Crippen molar-refractivity contribution in [1.82, 2.24) is 14.8 Å². The SMILES string of the molecule is CCCCN(Cc1cc2ccccc2n1C)C(=O)CCNC(N)=O. The van der Waals surface area contributed by atoms with Gasteiger partial charge in [0.25, 0.3) is 0 Å². The smallest absolute Gasteiger partial charge is 0.312 e. The van der Waals surface area contributed by atoms with Crippen molar-refractivity contribution in [2.75, 3.05) is 13.1 Å². The van der Waals surface area contributed by atoms with E-state index in [1.807, 2.05) is 24.1 Å². The number of fused-ring (bicyclic) bond motifs is 1. The van der Waals surface area contributed by atoms with Crippen molar-refractivity contribution in [3.63, 3.8) is 0 Å². The molecule has 1 aromatic heterocycles. The third-order valence-corrected chi connectivity index (χ3v) is 4.18. The molecule has 6 nitrogen and oxygen atoms in total. The van der Waals surface area contributed by atoms with Gasteiger partial charge in [-0.25, -0.2) is 4.79 Å². The normalized spacial score (nSPS) is 10.8. The molecule has 0 aliphatic heterocycles. The van der Waals surface area contributed by atoms with Crippen LogP contribution in [0.4, 0.5) is 4.79 Å². The number of hydrogen-bond donors (Lipinski definition) is 2. The van der Waals surface area contributed by atoms with Crippen LogP contribution in [0, 0.1) is 0 Å². The number of para-hydroxylation sites is 1. The van der Waals surface area contributed by atoms with Crippen molar-refractivity contribution >= 4 is 22.8 Å². The van der Waals surface area contributed by atoms with E-state index in [0.717, 1.165) is 24.1 Å². The van der Waals surface area contributed by atoms with Crippen LogP contribution in [0.1, 0.15) is 31.9 Å². The Morgan fingerprint density at radius 3 is 2.71 bits per heavy atom. The molecule has 2 rings (SSSR count). The van der Waals surface area contributed by atoms with Crippen molar-refractivity contribution < 1.29 is 9.59 Å². The number of unbranched alkanes of at least 4 members (excludes halogenated alkanes) is 1. The molecule has 24 heavy (non-hydrogen) atoms. The van der Waals surface area contributed by atoms with Crippen LogP contribution >= 0.6 is 0 Å². The lowest BCUT2D eigenvalue weighted by Crippen LogP contribution is -2.36. The Bertz CT molecular complexity index is 708. The summed E-state index contributed by atoms with van der Waals surface area (Å²) in [6, 6.07) is 9.71. The summed E-state index contributed by atoms with van der Waals surface area (Å²) in [5.74, 6) is 0.0301. The Hall–Kier alpha value is -2.50. The topological polar surface area (TPSA) is 80.4 Å². The maximum atomic E-state index is 12.5. The van der Waals surface area contributed by atoms with Crippen LogP contribution in [0.25, 0.3) is 10.9 Å². The highest BCUT2D eigenvalue weighted by atomic mass is 16.2. The molecule has 6 heteroatoms. The zero-order valence-corrected chi connectivity index (χ0v) is 14.4. The molecule has 0 aliphatic rings. The van der Waals surface area contributed by atoms with Gasteiger partial charge in [0.2, 0.25) is 5.91 Å². The van der Waals surface area contributed by atoms with Gasteiger partial charge in [-0.15, -0.1) is 0 Å². The van der Waals surface area contributed by atoms with Gasteiger partial charge in [0.05, 0.1) is 6.54 Å². The molecule has 0 unspecified atom stereocenters. The lowest BCUT2D eigenvalue weighted by atomic mass is 10.2. The van der Waals surface area contributed by atoms with Gasteiger partial charge < -0.3 is 20.5 Å². The van der Waals surface area contributed by atoms with Crippen molar-refractivity contribution in [2.45, 2.75) is 32.7 Å². The molecule has 0 fully saturated rings. The number of nitrogens with two attached hydrogens (primary N) is 1. The van der Waals surface area contributed by atoms with Gasteiger partial charge in [-0.3, -0.25) is 4.79 Å². The predicted molar refractivity (Wildman–Crippen MR) is 95.4 cm³/mol. The standard InChI is InChI=1S/C18H26N4O2/c1-3-4-11-22(17(23)9-10-20-18(19)24)13-15-12-14-7-5-6-8-16(14)21(15)2/h5-8,12H,3-4,9-11,13H2,1-2H3,(H3,19,20,24). The minimum absolute atomic E-state index is 0.0301. The van der Waals surface area contributed by atoms with Crippen LogP contribution < -0.4 is 11.1 Å². The third-order valence-electron chi connectivity index (χ3n) is 4.18. The number of nitrogens with one attached hydrogen (secondary N) is 1. The first-order valence-electron chi connectivity index (χ1n) is 8.37. The number of carbonyl (C=O) groups excluding carboxylic acids is 2. The lowest BCUT2D eigenvalue weighted by Gasteiger charge is -2.23. The number of rotatable bonds is 8. The molecule has 130 valence electrons. The third kappa shape index (κ3) is 4.50. The first-order valence-corrected chi connectivity index (χ1v) is 8.37. The van der Waals surface area contributed by atoms with Crippen LogP contribution in [-0.2, 0) is 18.4 Å². The molecule has 1 aromatic carbocycles. The minimum Gasteiger partial charge on any atom is -0.352 e. The van der Waals surface area contributed by atoms with Gasteiger partial charge in [0, 0.05) is 37.8 Å². The van der Waals surface area contributed by atoms with Crippen molar-refractivity contribution in [3.05, 3.63) is 36.0 Å². The fourth-order valence-corrected chi connectivity index (χ4v) is 2.78. The molecular formula is C18H26N4O2. The monoisotopic (exact) mass is 330 g/mol. The van der Waals surface area contributed by atoms with E-state index in [4.69, 9.17) is 5.73 Å². The molecule has 0 bridgehead atoms. The summed E-state index contributed by atoms with van der Waals surface area (Å²) in [6.45, 7) is 3.66. The molecule has 3 amide bonds. The van der Waals surface area contributed by atoms with E-state index in [2.05, 4.69) is 35.0 Å². The Labute approximate surface area is 142 Å². The van der Waals surface area contributed by atoms with Gasteiger partial charge in [0.15, 0.2) is 0 Å². The van der Waals surface area contributed by atoms with Crippen molar-refractivity contribution in [3.8, 4) is 0 Å². The summed E-state index contributed by atoms with van der Waals surface area (Å²) in [6.07, 6.45) is 2.24. The second-order valence-electron chi connectivity index (χ2n) is 5.96. The molecule has 0 saturated heterocycles. The molecule has 0 radical (unpaired) electrons.